The van der Waals surface area contributed by atoms with E-state index in [1.54, 1.807) is 24.3 Å². The van der Waals surface area contributed by atoms with Gasteiger partial charge >= 0.3 is 5.97 Å². The molecule has 1 N–H and O–H groups in total. The van der Waals surface area contributed by atoms with E-state index in [0.29, 0.717) is 5.56 Å². The largest absolute Gasteiger partial charge is 0.481 e. The number of aliphatic carboxylic acids is 1. The Balaban J connectivity index is 1.82. The van der Waals surface area contributed by atoms with Crippen LogP contribution in [-0.4, -0.2) is 35.0 Å². The van der Waals surface area contributed by atoms with E-state index in [0.717, 1.165) is 18.2 Å². The fourth-order valence-corrected chi connectivity index (χ4v) is 3.31. The van der Waals surface area contributed by atoms with Crippen molar-refractivity contribution in [3.05, 3.63) is 71.3 Å². The molecule has 0 radical (unpaired) electrons. The van der Waals surface area contributed by atoms with Crippen LogP contribution in [0.15, 0.2) is 48.5 Å². The van der Waals surface area contributed by atoms with Crippen molar-refractivity contribution in [3.8, 4) is 0 Å². The van der Waals surface area contributed by atoms with Gasteiger partial charge in [0.05, 0.1) is 11.0 Å². The number of amides is 1. The van der Waals surface area contributed by atoms with Crippen molar-refractivity contribution in [2.45, 2.75) is 18.3 Å². The van der Waals surface area contributed by atoms with Crippen molar-refractivity contribution >= 4 is 11.9 Å². The first-order chi connectivity index (χ1) is 11.9. The lowest BCUT2D eigenvalue weighted by atomic mass is 9.72. The third-order valence-corrected chi connectivity index (χ3v) is 4.80. The molecule has 6 heteroatoms. The summed E-state index contributed by atoms with van der Waals surface area (Å²) in [7, 11) is 0. The zero-order chi connectivity index (χ0) is 18.0. The number of piperidine rings is 1. The summed E-state index contributed by atoms with van der Waals surface area (Å²) in [6.45, 7) is 0.325. The van der Waals surface area contributed by atoms with Gasteiger partial charge in [0.2, 0.25) is 0 Å². The quantitative estimate of drug-likeness (QED) is 0.929. The lowest BCUT2D eigenvalue weighted by molar-refractivity contribution is -0.145. The second-order valence-electron chi connectivity index (χ2n) is 6.17. The number of hydrogen-bond acceptors (Lipinski definition) is 2. The number of hydrogen-bond donors (Lipinski definition) is 1. The van der Waals surface area contributed by atoms with E-state index in [9.17, 15) is 23.5 Å². The van der Waals surface area contributed by atoms with Crippen molar-refractivity contribution < 1.29 is 23.5 Å². The molecule has 0 atom stereocenters. The van der Waals surface area contributed by atoms with Crippen LogP contribution in [0.1, 0.15) is 28.8 Å². The number of halogens is 2. The first-order valence-corrected chi connectivity index (χ1v) is 7.97. The van der Waals surface area contributed by atoms with Crippen LogP contribution < -0.4 is 0 Å². The van der Waals surface area contributed by atoms with Crippen molar-refractivity contribution in [1.82, 2.24) is 4.90 Å². The molecule has 4 nitrogen and oxygen atoms in total. The minimum absolute atomic E-state index is 0.163. The van der Waals surface area contributed by atoms with Crippen LogP contribution in [-0.2, 0) is 10.2 Å². The van der Waals surface area contributed by atoms with Gasteiger partial charge < -0.3 is 10.0 Å². The van der Waals surface area contributed by atoms with Crippen molar-refractivity contribution in [3.63, 3.8) is 0 Å². The Labute approximate surface area is 143 Å². The van der Waals surface area contributed by atoms with Crippen molar-refractivity contribution in [2.24, 2.45) is 0 Å². The molecule has 0 aliphatic carbocycles. The second kappa shape index (κ2) is 6.63. The molecule has 0 aromatic heterocycles. The first-order valence-electron chi connectivity index (χ1n) is 7.97. The molecule has 1 amide bonds. The van der Waals surface area contributed by atoms with E-state index in [4.69, 9.17) is 0 Å². The molecule has 0 unspecified atom stereocenters. The first kappa shape index (κ1) is 17.1. The Kier molecular flexibility index (Phi) is 4.53. The highest BCUT2D eigenvalue weighted by Crippen LogP contribution is 2.36. The van der Waals surface area contributed by atoms with Crippen molar-refractivity contribution in [2.75, 3.05) is 13.1 Å². The zero-order valence-corrected chi connectivity index (χ0v) is 13.4. The van der Waals surface area contributed by atoms with E-state index in [1.807, 2.05) is 6.07 Å². The number of rotatable bonds is 3. The molecule has 130 valence electrons. The Bertz CT molecular complexity index is 800. The Hall–Kier alpha value is -2.76. The molecule has 1 aliphatic rings. The smallest absolute Gasteiger partial charge is 0.314 e. The number of carbonyl (C=O) groups excluding carboxylic acids is 1. The lowest BCUT2D eigenvalue weighted by Gasteiger charge is -2.39. The average Bonchev–Trinajstić information content (AvgIpc) is 2.64. The highest BCUT2D eigenvalue weighted by atomic mass is 19.1. The van der Waals surface area contributed by atoms with Gasteiger partial charge in [-0.2, -0.15) is 0 Å². The van der Waals surface area contributed by atoms with E-state index in [1.165, 1.54) is 4.90 Å². The summed E-state index contributed by atoms with van der Waals surface area (Å²) < 4.78 is 27.1. The van der Waals surface area contributed by atoms with Gasteiger partial charge in [-0.15, -0.1) is 0 Å². The van der Waals surface area contributed by atoms with Crippen LogP contribution in [0.25, 0.3) is 0 Å². The topological polar surface area (TPSA) is 57.6 Å². The molecule has 0 saturated carbocycles. The van der Waals surface area contributed by atoms with E-state index in [-0.39, 0.29) is 31.5 Å². The van der Waals surface area contributed by atoms with Gasteiger partial charge in [-0.3, -0.25) is 9.59 Å². The van der Waals surface area contributed by atoms with Gasteiger partial charge in [0.15, 0.2) is 0 Å². The summed E-state index contributed by atoms with van der Waals surface area (Å²) in [6, 6.07) is 11.6. The third-order valence-electron chi connectivity index (χ3n) is 4.80. The molecule has 2 aromatic rings. The number of nitrogens with zero attached hydrogens (tertiary/aromatic N) is 1. The Morgan fingerprint density at radius 2 is 1.64 bits per heavy atom. The lowest BCUT2D eigenvalue weighted by Crippen LogP contribution is -2.49. The summed E-state index contributed by atoms with van der Waals surface area (Å²) in [5, 5.41) is 9.75. The van der Waals surface area contributed by atoms with Gasteiger partial charge in [0.25, 0.3) is 5.91 Å². The summed E-state index contributed by atoms with van der Waals surface area (Å²) in [4.78, 5) is 25.7. The fourth-order valence-electron chi connectivity index (χ4n) is 3.31. The molecule has 25 heavy (non-hydrogen) atoms. The second-order valence-corrected chi connectivity index (χ2v) is 6.17. The summed E-state index contributed by atoms with van der Waals surface area (Å²) in [5.41, 5.74) is -0.715. The fraction of sp³-hybridized carbons (Fsp3) is 0.263. The molecule has 1 aliphatic heterocycles. The molecular formula is C19H17F2NO3. The number of benzene rings is 2. The maximum absolute atomic E-state index is 13.8. The predicted molar refractivity (Wildman–Crippen MR) is 87.3 cm³/mol. The minimum atomic E-state index is -1.07. The third kappa shape index (κ3) is 3.12. The van der Waals surface area contributed by atoms with Crippen LogP contribution in [0.3, 0.4) is 0 Å². The van der Waals surface area contributed by atoms with Gasteiger partial charge in [0.1, 0.15) is 11.6 Å². The Morgan fingerprint density at radius 1 is 1.00 bits per heavy atom. The maximum Gasteiger partial charge on any atom is 0.314 e. The van der Waals surface area contributed by atoms with E-state index >= 15 is 0 Å². The Morgan fingerprint density at radius 3 is 2.24 bits per heavy atom. The number of carboxylic acid groups (broad SMARTS) is 1. The van der Waals surface area contributed by atoms with E-state index in [2.05, 4.69) is 0 Å². The summed E-state index contributed by atoms with van der Waals surface area (Å²) in [6.07, 6.45) is 0.435. The normalized spacial score (nSPS) is 16.5. The van der Waals surface area contributed by atoms with E-state index < -0.39 is 28.9 Å². The van der Waals surface area contributed by atoms with Crippen LogP contribution in [0.4, 0.5) is 8.78 Å². The van der Waals surface area contributed by atoms with Crippen LogP contribution in [0.5, 0.6) is 0 Å². The minimum Gasteiger partial charge on any atom is -0.481 e. The predicted octanol–water partition coefficient (Wildman–Crippen LogP) is 3.22. The number of carboxylic acids is 1. The molecular weight excluding hydrogens is 328 g/mol. The van der Waals surface area contributed by atoms with Gasteiger partial charge in [-0.25, -0.2) is 8.78 Å². The van der Waals surface area contributed by atoms with Crippen LogP contribution >= 0.6 is 0 Å². The molecule has 1 heterocycles. The summed E-state index contributed by atoms with van der Waals surface area (Å²) in [5.74, 6) is -3.04. The van der Waals surface area contributed by atoms with Gasteiger partial charge in [-0.05, 0) is 36.6 Å². The summed E-state index contributed by atoms with van der Waals surface area (Å²) >= 11 is 0. The number of carbonyl (C=O) groups is 2. The van der Waals surface area contributed by atoms with Crippen LogP contribution in [0.2, 0.25) is 0 Å². The highest BCUT2D eigenvalue weighted by molar-refractivity contribution is 5.95. The standard InChI is InChI=1S/C19H17F2NO3/c20-14-6-7-16(21)15(12-14)17(23)22-10-8-19(9-11-22,18(24)25)13-4-2-1-3-5-13/h1-7,12H,8-11H2,(H,24,25). The molecule has 0 spiro atoms. The molecule has 1 fully saturated rings. The average molecular weight is 345 g/mol. The highest BCUT2D eigenvalue weighted by Gasteiger charge is 2.44. The SMILES string of the molecule is O=C(c1cc(F)ccc1F)N1CCC(C(=O)O)(c2ccccc2)CC1. The molecule has 0 bridgehead atoms. The monoisotopic (exact) mass is 345 g/mol. The van der Waals surface area contributed by atoms with Gasteiger partial charge in [0, 0.05) is 13.1 Å². The maximum atomic E-state index is 13.8. The number of likely N-dealkylation sites (tertiary alicyclic amines) is 1. The zero-order valence-electron chi connectivity index (χ0n) is 13.4. The molecule has 3 rings (SSSR count). The van der Waals surface area contributed by atoms with Crippen LogP contribution in [0, 0.1) is 11.6 Å². The van der Waals surface area contributed by atoms with Crippen molar-refractivity contribution in [1.29, 1.82) is 0 Å². The van der Waals surface area contributed by atoms with Gasteiger partial charge in [-0.1, -0.05) is 30.3 Å². The molecule has 1 saturated heterocycles. The molecule has 2 aromatic carbocycles.